The number of sulfonamides is 1. The second-order valence-electron chi connectivity index (χ2n) is 5.48. The number of hydrogen-bond donors (Lipinski definition) is 1. The Hall–Kier alpha value is -1.07. The predicted octanol–water partition coefficient (Wildman–Crippen LogP) is 2.15. The minimum atomic E-state index is -3.24. The summed E-state index contributed by atoms with van der Waals surface area (Å²) in [4.78, 5) is 0. The van der Waals surface area contributed by atoms with E-state index in [1.54, 1.807) is 4.31 Å². The molecule has 0 saturated carbocycles. The van der Waals surface area contributed by atoms with Crippen LogP contribution in [0.5, 0.6) is 0 Å². The first-order chi connectivity index (χ1) is 9.53. The second-order valence-corrected chi connectivity index (χ2v) is 7.41. The molecule has 1 heterocycles. The van der Waals surface area contributed by atoms with E-state index in [1.165, 1.54) is 0 Å². The Morgan fingerprint density at radius 3 is 2.60 bits per heavy atom. The second kappa shape index (κ2) is 6.59. The molecule has 0 aliphatic carbocycles. The van der Waals surface area contributed by atoms with Crippen LogP contribution >= 0.6 is 0 Å². The zero-order valence-corrected chi connectivity index (χ0v) is 13.1. The topological polar surface area (TPSA) is 49.4 Å². The molecule has 0 aromatic heterocycles. The molecule has 1 aliphatic heterocycles. The Morgan fingerprint density at radius 2 is 2.00 bits per heavy atom. The van der Waals surface area contributed by atoms with Crippen LogP contribution in [-0.2, 0) is 10.0 Å². The van der Waals surface area contributed by atoms with Crippen LogP contribution in [0.1, 0.15) is 25.3 Å². The van der Waals surface area contributed by atoms with Gasteiger partial charge >= 0.3 is 0 Å². The van der Waals surface area contributed by atoms with Crippen molar-refractivity contribution in [2.24, 2.45) is 5.92 Å². The number of aryl methyl sites for hydroxylation is 1. The summed E-state index contributed by atoms with van der Waals surface area (Å²) in [6.07, 6.45) is 1.90. The van der Waals surface area contributed by atoms with Gasteiger partial charge in [-0.25, -0.2) is 8.42 Å². The van der Waals surface area contributed by atoms with E-state index in [4.69, 9.17) is 0 Å². The molecule has 1 N–H and O–H groups in total. The summed E-state index contributed by atoms with van der Waals surface area (Å²) >= 11 is 0. The summed E-state index contributed by atoms with van der Waals surface area (Å²) in [5.74, 6) is 0.538. The van der Waals surface area contributed by atoms with E-state index in [0.717, 1.165) is 37.2 Å². The number of benzene rings is 1. The zero-order valence-electron chi connectivity index (χ0n) is 12.3. The van der Waals surface area contributed by atoms with Gasteiger partial charge in [0.05, 0.1) is 11.4 Å². The van der Waals surface area contributed by atoms with Gasteiger partial charge in [0, 0.05) is 6.54 Å². The highest BCUT2D eigenvalue weighted by atomic mass is 32.2. The first kappa shape index (κ1) is 15.3. The summed E-state index contributed by atoms with van der Waals surface area (Å²) < 4.78 is 26.8. The number of rotatable bonds is 5. The van der Waals surface area contributed by atoms with Crippen LogP contribution in [-0.4, -0.2) is 33.8 Å². The van der Waals surface area contributed by atoms with E-state index >= 15 is 0 Å². The molecule has 1 aromatic carbocycles. The summed E-state index contributed by atoms with van der Waals surface area (Å²) in [5.41, 5.74) is 1.86. The SMILES string of the molecule is CCN(c1cccc(C)c1)S(=O)(=O)CC1CCNCC1. The van der Waals surface area contributed by atoms with Crippen molar-refractivity contribution in [1.29, 1.82) is 0 Å². The lowest BCUT2D eigenvalue weighted by atomic mass is 10.0. The lowest BCUT2D eigenvalue weighted by molar-refractivity contribution is 0.401. The highest BCUT2D eigenvalue weighted by Gasteiger charge is 2.26. The van der Waals surface area contributed by atoms with Gasteiger partial charge in [0.25, 0.3) is 0 Å². The Bertz CT molecular complexity index is 537. The molecule has 0 radical (unpaired) electrons. The molecule has 5 heteroatoms. The predicted molar refractivity (Wildman–Crippen MR) is 83.6 cm³/mol. The molecule has 4 nitrogen and oxygen atoms in total. The van der Waals surface area contributed by atoms with Crippen LogP contribution in [0.3, 0.4) is 0 Å². The third-order valence-electron chi connectivity index (χ3n) is 3.82. The molecule has 0 bridgehead atoms. The molecular weight excluding hydrogens is 272 g/mol. The van der Waals surface area contributed by atoms with Gasteiger partial charge in [0.15, 0.2) is 0 Å². The van der Waals surface area contributed by atoms with E-state index < -0.39 is 10.0 Å². The standard InChI is InChI=1S/C15H24N2O2S/c1-3-17(15-6-4-5-13(2)11-15)20(18,19)12-14-7-9-16-10-8-14/h4-6,11,14,16H,3,7-10,12H2,1-2H3. The Balaban J connectivity index is 2.16. The third kappa shape index (κ3) is 3.73. The normalized spacial score (nSPS) is 17.1. The van der Waals surface area contributed by atoms with Crippen molar-refractivity contribution >= 4 is 15.7 Å². The summed E-state index contributed by atoms with van der Waals surface area (Å²) in [6, 6.07) is 7.70. The number of anilines is 1. The van der Waals surface area contributed by atoms with Crippen LogP contribution < -0.4 is 9.62 Å². The fourth-order valence-electron chi connectivity index (χ4n) is 2.76. The molecule has 0 unspecified atom stereocenters. The molecule has 20 heavy (non-hydrogen) atoms. The number of piperidine rings is 1. The summed E-state index contributed by atoms with van der Waals surface area (Å²) in [6.45, 7) is 6.21. The highest BCUT2D eigenvalue weighted by Crippen LogP contribution is 2.23. The average molecular weight is 296 g/mol. The smallest absolute Gasteiger partial charge is 0.235 e. The van der Waals surface area contributed by atoms with Gasteiger partial charge in [-0.1, -0.05) is 12.1 Å². The molecule has 0 amide bonds. The van der Waals surface area contributed by atoms with Crippen molar-refractivity contribution in [2.75, 3.05) is 29.7 Å². The summed E-state index contributed by atoms with van der Waals surface area (Å²) in [5, 5.41) is 3.27. The van der Waals surface area contributed by atoms with Gasteiger partial charge in [-0.05, 0) is 63.4 Å². The van der Waals surface area contributed by atoms with Crippen LogP contribution in [0.2, 0.25) is 0 Å². The molecule has 0 spiro atoms. The molecular formula is C15H24N2O2S. The first-order valence-electron chi connectivity index (χ1n) is 7.30. The molecule has 2 rings (SSSR count). The van der Waals surface area contributed by atoms with E-state index in [9.17, 15) is 8.42 Å². The van der Waals surface area contributed by atoms with Crippen molar-refractivity contribution < 1.29 is 8.42 Å². The maximum atomic E-state index is 12.6. The van der Waals surface area contributed by atoms with E-state index in [-0.39, 0.29) is 11.7 Å². The molecule has 0 atom stereocenters. The third-order valence-corrected chi connectivity index (χ3v) is 5.85. The molecule has 1 saturated heterocycles. The van der Waals surface area contributed by atoms with Crippen molar-refractivity contribution in [1.82, 2.24) is 5.32 Å². The van der Waals surface area contributed by atoms with E-state index in [2.05, 4.69) is 5.32 Å². The molecule has 1 aromatic rings. The van der Waals surface area contributed by atoms with Crippen LogP contribution in [0.15, 0.2) is 24.3 Å². The van der Waals surface area contributed by atoms with Crippen molar-refractivity contribution in [3.63, 3.8) is 0 Å². The van der Waals surface area contributed by atoms with E-state index in [0.29, 0.717) is 6.54 Å². The van der Waals surface area contributed by atoms with Gasteiger partial charge in [0.1, 0.15) is 0 Å². The number of hydrogen-bond acceptors (Lipinski definition) is 3. The molecule has 1 fully saturated rings. The quantitative estimate of drug-likeness (QED) is 0.906. The summed E-state index contributed by atoms with van der Waals surface area (Å²) in [7, 11) is -3.24. The van der Waals surface area contributed by atoms with Crippen molar-refractivity contribution in [3.8, 4) is 0 Å². The Kier molecular flexibility index (Phi) is 5.05. The molecule has 112 valence electrons. The van der Waals surface area contributed by atoms with Gasteiger partial charge in [-0.15, -0.1) is 0 Å². The first-order valence-corrected chi connectivity index (χ1v) is 8.91. The Labute approximate surface area is 122 Å². The average Bonchev–Trinajstić information content (AvgIpc) is 2.39. The van der Waals surface area contributed by atoms with Crippen LogP contribution in [0, 0.1) is 12.8 Å². The minimum Gasteiger partial charge on any atom is -0.317 e. The molecule has 1 aliphatic rings. The lowest BCUT2D eigenvalue weighted by Gasteiger charge is -2.28. The highest BCUT2D eigenvalue weighted by molar-refractivity contribution is 7.92. The largest absolute Gasteiger partial charge is 0.317 e. The van der Waals surface area contributed by atoms with Crippen molar-refractivity contribution in [2.45, 2.75) is 26.7 Å². The van der Waals surface area contributed by atoms with Crippen molar-refractivity contribution in [3.05, 3.63) is 29.8 Å². The lowest BCUT2D eigenvalue weighted by Crippen LogP contribution is -2.38. The minimum absolute atomic E-state index is 0.260. The van der Waals surface area contributed by atoms with Gasteiger partial charge in [-0.3, -0.25) is 4.31 Å². The number of nitrogens with zero attached hydrogens (tertiary/aromatic N) is 1. The van der Waals surface area contributed by atoms with Crippen LogP contribution in [0.25, 0.3) is 0 Å². The monoisotopic (exact) mass is 296 g/mol. The van der Waals surface area contributed by atoms with Gasteiger partial charge in [0.2, 0.25) is 10.0 Å². The van der Waals surface area contributed by atoms with Crippen LogP contribution in [0.4, 0.5) is 5.69 Å². The maximum Gasteiger partial charge on any atom is 0.235 e. The Morgan fingerprint density at radius 1 is 1.30 bits per heavy atom. The fraction of sp³-hybridized carbons (Fsp3) is 0.600. The maximum absolute atomic E-state index is 12.6. The van der Waals surface area contributed by atoms with Gasteiger partial charge < -0.3 is 5.32 Å². The van der Waals surface area contributed by atoms with Gasteiger partial charge in [-0.2, -0.15) is 0 Å². The number of nitrogens with one attached hydrogen (secondary N) is 1. The fourth-order valence-corrected chi connectivity index (χ4v) is 4.70. The van der Waals surface area contributed by atoms with E-state index in [1.807, 2.05) is 38.1 Å². The zero-order chi connectivity index (χ0) is 14.6.